The van der Waals surface area contributed by atoms with Gasteiger partial charge in [-0.05, 0) is 248 Å². The quantitative estimate of drug-likeness (QED) is 0.0286. The van der Waals surface area contributed by atoms with Crippen molar-refractivity contribution in [1.29, 1.82) is 0 Å². The molecule has 23 heteroatoms. The molecule has 6 heterocycles. The number of rotatable bonds is 27. The van der Waals surface area contributed by atoms with Crippen LogP contribution in [0.15, 0.2) is 350 Å². The summed E-state index contributed by atoms with van der Waals surface area (Å²) >= 11 is 0. The lowest BCUT2D eigenvalue weighted by Gasteiger charge is -2.41. The molecule has 19 nitrogen and oxygen atoms in total. The Hall–Kier alpha value is -12.5. The van der Waals surface area contributed by atoms with E-state index in [-0.39, 0.29) is 160 Å². The molecule has 10 fully saturated rings. The highest BCUT2D eigenvalue weighted by atomic mass is 32.2. The van der Waals surface area contributed by atoms with Gasteiger partial charge in [-0.15, -0.1) is 0 Å². The topological polar surface area (TPSA) is 241 Å². The number of benzene rings is 12. The van der Waals surface area contributed by atoms with Gasteiger partial charge in [0.15, 0.2) is 97.4 Å². The number of esters is 6. The van der Waals surface area contributed by atoms with Crippen LogP contribution in [0, 0.1) is 96.8 Å². The SMILES string of the molecule is Cc1cc([S+](c2ccccc2)c2ccccc2)cc(C)c1OCC(=O)O.Cc1cc([S+](c2ccccc2)c2ccccc2)cc(C)c1OCC(=O)OC1C2CC3C(=O)OC1C3C2.Cc1cc([S+](c2ccccc2)c2ccccc2)cc(C)c1OCC(=O)OC1C2CC3C(=O)OC1C3O2.Cc1cc([S+](c2ccccc2)c2ccccc2)cc(C)c1OCC(=O)OC1C2CC3CC(C2)C(=O)OC1C3. The molecule has 1 N–H and O–H groups in total. The number of carboxylic acid groups (broad SMARTS) is 1. The third kappa shape index (κ3) is 20.8. The van der Waals surface area contributed by atoms with Gasteiger partial charge < -0.3 is 57.2 Å². The molecule has 12 aromatic rings. The summed E-state index contributed by atoms with van der Waals surface area (Å²) in [6.45, 7) is 15.1. The van der Waals surface area contributed by atoms with Crippen LogP contribution in [0.2, 0.25) is 0 Å². The average molecular weight is 1900 g/mol. The summed E-state index contributed by atoms with van der Waals surface area (Å²) in [4.78, 5) is 100. The van der Waals surface area contributed by atoms with Crippen LogP contribution in [-0.2, 0) is 110 Å². The number of aliphatic carboxylic acids is 1. The fourth-order valence-electron chi connectivity index (χ4n) is 21.1. The van der Waals surface area contributed by atoms with Crippen molar-refractivity contribution < 1.29 is 90.8 Å². The van der Waals surface area contributed by atoms with Crippen molar-refractivity contribution in [3.8, 4) is 23.0 Å². The molecule has 0 amide bonds. The second kappa shape index (κ2) is 42.0. The molecule has 10 aliphatic rings. The fraction of sp³-hybridized carbons (Fsp3) is 0.301. The lowest BCUT2D eigenvalue weighted by molar-refractivity contribution is -0.174. The van der Waals surface area contributed by atoms with Crippen molar-refractivity contribution in [3.05, 3.63) is 336 Å². The van der Waals surface area contributed by atoms with Crippen LogP contribution in [0.4, 0.5) is 0 Å². The van der Waals surface area contributed by atoms with Gasteiger partial charge in [-0.3, -0.25) is 14.4 Å². The first-order chi connectivity index (χ1) is 66.0. The van der Waals surface area contributed by atoms with Gasteiger partial charge in [0, 0.05) is 66.3 Å². The summed E-state index contributed by atoms with van der Waals surface area (Å²) in [6, 6.07) is 101. The first-order valence-electron chi connectivity index (χ1n) is 46.4. The molecule has 8 bridgehead atoms. The fourth-order valence-corrected chi connectivity index (χ4v) is 30.1. The highest BCUT2D eigenvalue weighted by molar-refractivity contribution is 7.98. The highest BCUT2D eigenvalue weighted by Gasteiger charge is 2.66. The van der Waals surface area contributed by atoms with Crippen molar-refractivity contribution in [2.45, 2.75) is 208 Å². The Bertz CT molecular complexity index is 5870. The van der Waals surface area contributed by atoms with E-state index < -0.39 is 36.1 Å². The minimum atomic E-state index is -0.971. The number of carboxylic acids is 1. The molecule has 15 atom stereocenters. The molecule has 0 spiro atoms. The van der Waals surface area contributed by atoms with Gasteiger partial charge in [0.25, 0.3) is 0 Å². The minimum absolute atomic E-state index is 0.00586. The monoisotopic (exact) mass is 1900 g/mol. The molecule has 15 unspecified atom stereocenters. The van der Waals surface area contributed by atoms with E-state index in [1.165, 1.54) is 58.7 Å². The van der Waals surface area contributed by atoms with Crippen LogP contribution in [0.25, 0.3) is 0 Å². The number of fused-ring (bicyclic) bond motifs is 3. The van der Waals surface area contributed by atoms with Gasteiger partial charge in [-0.25, -0.2) is 19.2 Å². The number of hydrogen-bond donors (Lipinski definition) is 1. The van der Waals surface area contributed by atoms with E-state index in [2.05, 4.69) is 243 Å². The van der Waals surface area contributed by atoms with E-state index in [1.54, 1.807) is 0 Å². The first-order valence-corrected chi connectivity index (χ1v) is 51.3. The van der Waals surface area contributed by atoms with Crippen molar-refractivity contribution in [1.82, 2.24) is 0 Å². The summed E-state index contributed by atoms with van der Waals surface area (Å²) in [7, 11) is -1.01. The Morgan fingerprint density at radius 2 is 0.596 bits per heavy atom. The van der Waals surface area contributed by atoms with E-state index in [1.807, 2.05) is 104 Å². The van der Waals surface area contributed by atoms with Crippen LogP contribution >= 0.6 is 0 Å². The van der Waals surface area contributed by atoms with Crippen LogP contribution < -0.4 is 18.9 Å². The highest BCUT2D eigenvalue weighted by Crippen LogP contribution is 2.56. The van der Waals surface area contributed by atoms with Gasteiger partial charge in [0.05, 0.1) is 67.4 Å². The van der Waals surface area contributed by atoms with Crippen LogP contribution in [0.3, 0.4) is 0 Å². The molecule has 696 valence electrons. The van der Waals surface area contributed by atoms with Gasteiger partial charge in [0.2, 0.25) is 0 Å². The molecule has 6 aliphatic heterocycles. The standard InChI is InChI=1S/C32H33O5S.C30H29O5S.C29H27O6S.C22H20O3S/c1-20-13-27(38(25-9-5-3-6-10-25)26-11-7-4-8-12-26)14-21(2)30(20)35-19-29(33)37-31-23-15-22-16-24(18-23)32(34)36-28(31)17-22;1-18-13-23(36(21-9-5-3-6-10-21)22-11-7-4-8-12-22)14-19(2)27(18)33-17-26(31)34-28-20-15-24-25(16-20)30(32)35-29(24)28;1-17-13-21(36(19-9-5-3-6-10-19)20-11-7-4-8-12-20)14-18(2)25(17)32-16-24(30)34-27-23-15-22-26(33-23)28(27)35-29(22)31;1-16-13-20(14-17(2)22(16)25-15-21(23)24)26(18-9-5-3-6-10-18)19-11-7-4-8-12-19/h3-14,22-24,28,31H,15-19H2,1-2H3;3-14,20,24-25,28-29H,15-17H2,1-2H3;3-14,22-23,26-28H,15-16H2,1-2H3;3-14H,15H2,1-2H3/q3*+1;/p+1. The molecule has 4 saturated carbocycles. The van der Waals surface area contributed by atoms with Crippen molar-refractivity contribution in [3.63, 3.8) is 0 Å². The molecule has 12 aromatic carbocycles. The Morgan fingerprint density at radius 3 is 0.934 bits per heavy atom. The first kappa shape index (κ1) is 93.9. The maximum absolute atomic E-state index is 12.9. The van der Waals surface area contributed by atoms with E-state index >= 15 is 0 Å². The lowest BCUT2D eigenvalue weighted by atomic mass is 9.67. The molecule has 6 saturated heterocycles. The van der Waals surface area contributed by atoms with E-state index in [9.17, 15) is 33.6 Å². The van der Waals surface area contributed by atoms with E-state index in [4.69, 9.17) is 57.2 Å². The second-order valence-corrected chi connectivity index (χ2v) is 44.3. The van der Waals surface area contributed by atoms with Crippen LogP contribution in [-0.4, -0.2) is 122 Å². The molecule has 0 aromatic heterocycles. The van der Waals surface area contributed by atoms with Crippen molar-refractivity contribution >= 4 is 85.4 Å². The van der Waals surface area contributed by atoms with Crippen molar-refractivity contribution in [2.24, 2.45) is 41.4 Å². The van der Waals surface area contributed by atoms with Crippen molar-refractivity contribution in [2.75, 3.05) is 26.4 Å². The Kier molecular flexibility index (Phi) is 29.0. The van der Waals surface area contributed by atoms with Gasteiger partial charge in [0.1, 0.15) is 53.5 Å². The predicted octanol–water partition coefficient (Wildman–Crippen LogP) is 20.6. The second-order valence-electron chi connectivity index (χ2n) is 36.2. The smallest absolute Gasteiger partial charge is 0.344 e. The minimum Gasteiger partial charge on any atom is -0.481 e. The Labute approximate surface area is 805 Å². The van der Waals surface area contributed by atoms with Crippen LogP contribution in [0.1, 0.15) is 89.5 Å². The summed E-state index contributed by atoms with van der Waals surface area (Å²) in [5, 5.41) is 8.87. The summed E-state index contributed by atoms with van der Waals surface area (Å²) < 4.78 is 63.1. The molecule has 22 rings (SSSR count). The number of aryl methyl sites for hydroxylation is 8. The summed E-state index contributed by atoms with van der Waals surface area (Å²) in [5.74, 6) is 0.852. The zero-order chi connectivity index (χ0) is 94.4. The maximum Gasteiger partial charge on any atom is 0.344 e. The Balaban J connectivity index is 0.000000122. The lowest BCUT2D eigenvalue weighted by Crippen LogP contribution is -2.45. The normalized spacial score (nSPS) is 22.9. The largest absolute Gasteiger partial charge is 0.481 e. The van der Waals surface area contributed by atoms with Crippen LogP contribution in [0.5, 0.6) is 23.0 Å². The third-order valence-corrected chi connectivity index (χ3v) is 35.5. The Morgan fingerprint density at radius 1 is 0.294 bits per heavy atom. The van der Waals surface area contributed by atoms with E-state index in [0.717, 1.165) is 83.0 Å². The summed E-state index contributed by atoms with van der Waals surface area (Å²) in [5.41, 5.74) is 7.74. The third-order valence-electron chi connectivity index (χ3n) is 26.7. The summed E-state index contributed by atoms with van der Waals surface area (Å²) in [6.07, 6.45) is 2.77. The molecule has 4 aliphatic carbocycles. The predicted molar refractivity (Wildman–Crippen MR) is 518 cm³/mol. The molecular formula is C113H110O19S4+4. The zero-order valence-electron chi connectivity index (χ0n) is 77.1. The number of ether oxygens (including phenoxy) is 11. The maximum atomic E-state index is 12.9. The molecule has 136 heavy (non-hydrogen) atoms. The average Bonchev–Trinajstić information content (AvgIpc) is 1.57. The molecule has 0 radical (unpaired) electrons. The van der Waals surface area contributed by atoms with Gasteiger partial charge >= 0.3 is 41.8 Å². The number of hydrogen-bond acceptors (Lipinski definition) is 18. The molecular weight excluding hydrogens is 1790 g/mol. The van der Waals surface area contributed by atoms with E-state index in [0.29, 0.717) is 35.3 Å². The van der Waals surface area contributed by atoms with Gasteiger partial charge in [-0.1, -0.05) is 146 Å². The van der Waals surface area contributed by atoms with Gasteiger partial charge in [-0.2, -0.15) is 0 Å². The number of carbonyl (C=O) groups is 7. The number of carbonyl (C=O) groups excluding carboxylic acids is 6. The zero-order valence-corrected chi connectivity index (χ0v) is 80.3.